The maximum atomic E-state index is 12.9. The predicted octanol–water partition coefficient (Wildman–Crippen LogP) is 3.26. The second kappa shape index (κ2) is 7.29. The average molecular weight is 371 g/mol. The minimum absolute atomic E-state index is 0.0255. The van der Waals surface area contributed by atoms with E-state index < -0.39 is 9.84 Å². The van der Waals surface area contributed by atoms with Crippen LogP contribution in [0.25, 0.3) is 11.4 Å². The Morgan fingerprint density at radius 3 is 2.54 bits per heavy atom. The first-order valence-corrected chi connectivity index (χ1v) is 9.96. The van der Waals surface area contributed by atoms with Gasteiger partial charge in [-0.05, 0) is 31.5 Å². The van der Waals surface area contributed by atoms with Gasteiger partial charge >= 0.3 is 0 Å². The summed E-state index contributed by atoms with van der Waals surface area (Å²) in [4.78, 5) is 0. The fourth-order valence-electron chi connectivity index (χ4n) is 2.92. The zero-order chi connectivity index (χ0) is 18.7. The van der Waals surface area contributed by atoms with Crippen LogP contribution in [0.15, 0.2) is 53.7 Å². The number of aromatic nitrogens is 3. The number of nitrogens with zero attached hydrogens (tertiary/aromatic N) is 3. The Hall–Kier alpha value is -2.67. The van der Waals surface area contributed by atoms with Crippen molar-refractivity contribution in [3.05, 3.63) is 59.7 Å². The zero-order valence-corrected chi connectivity index (χ0v) is 15.8. The van der Waals surface area contributed by atoms with E-state index in [4.69, 9.17) is 4.74 Å². The molecule has 0 fully saturated rings. The lowest BCUT2D eigenvalue weighted by molar-refractivity contribution is 0.415. The molecule has 0 aliphatic carbocycles. The Kier molecular flexibility index (Phi) is 5.08. The van der Waals surface area contributed by atoms with Crippen LogP contribution in [0.3, 0.4) is 0 Å². The third kappa shape index (κ3) is 3.48. The normalized spacial score (nSPS) is 11.5. The van der Waals surface area contributed by atoms with Crippen LogP contribution >= 0.6 is 0 Å². The molecular weight excluding hydrogens is 350 g/mol. The van der Waals surface area contributed by atoms with Gasteiger partial charge in [-0.15, -0.1) is 10.2 Å². The number of hydrogen-bond donors (Lipinski definition) is 0. The second-order valence-corrected chi connectivity index (χ2v) is 7.88. The molecule has 0 N–H and O–H groups in total. The minimum atomic E-state index is -3.63. The number of methoxy groups -OCH3 is 1. The molecule has 1 aromatic heterocycles. The summed E-state index contributed by atoms with van der Waals surface area (Å²) >= 11 is 0. The Morgan fingerprint density at radius 1 is 1.08 bits per heavy atom. The Labute approximate surface area is 153 Å². The number of hydrogen-bond acceptors (Lipinski definition) is 5. The van der Waals surface area contributed by atoms with E-state index >= 15 is 0 Å². The largest absolute Gasteiger partial charge is 0.496 e. The van der Waals surface area contributed by atoms with Crippen molar-refractivity contribution in [3.8, 4) is 17.1 Å². The summed E-state index contributed by atoms with van der Waals surface area (Å²) in [6.45, 7) is 4.24. The van der Waals surface area contributed by atoms with Crippen LogP contribution < -0.4 is 4.74 Å². The van der Waals surface area contributed by atoms with Gasteiger partial charge in [-0.25, -0.2) is 8.42 Å². The lowest BCUT2D eigenvalue weighted by atomic mass is 10.2. The Morgan fingerprint density at radius 2 is 1.85 bits per heavy atom. The molecule has 0 aliphatic heterocycles. The summed E-state index contributed by atoms with van der Waals surface area (Å²) in [5.74, 6) is 0.989. The molecule has 0 bridgehead atoms. The predicted molar refractivity (Wildman–Crippen MR) is 99.8 cm³/mol. The fourth-order valence-corrected chi connectivity index (χ4v) is 4.38. The first kappa shape index (κ1) is 18.1. The van der Waals surface area contributed by atoms with Crippen LogP contribution in [0.5, 0.6) is 5.75 Å². The lowest BCUT2D eigenvalue weighted by Crippen LogP contribution is -2.13. The molecule has 6 nitrogen and oxygen atoms in total. The van der Waals surface area contributed by atoms with Gasteiger partial charge in [-0.2, -0.15) is 0 Å². The molecule has 136 valence electrons. The van der Waals surface area contributed by atoms with Crippen molar-refractivity contribution < 1.29 is 13.2 Å². The molecule has 26 heavy (non-hydrogen) atoms. The van der Waals surface area contributed by atoms with Crippen LogP contribution in [0.2, 0.25) is 0 Å². The molecule has 0 radical (unpaired) electrons. The smallest absolute Gasteiger partial charge is 0.250 e. The van der Waals surface area contributed by atoms with Crippen molar-refractivity contribution >= 4 is 9.84 Å². The fraction of sp³-hybridized carbons (Fsp3) is 0.263. The highest BCUT2D eigenvalue weighted by atomic mass is 32.2. The Bertz CT molecular complexity index is 1030. The van der Waals surface area contributed by atoms with Gasteiger partial charge in [-0.3, -0.25) is 4.57 Å². The summed E-state index contributed by atoms with van der Waals surface area (Å²) in [6.07, 6.45) is 0. The zero-order valence-electron chi connectivity index (χ0n) is 15.0. The molecular formula is C19H21N3O3S. The van der Waals surface area contributed by atoms with Gasteiger partial charge in [0.2, 0.25) is 15.0 Å². The molecule has 1 heterocycles. The molecule has 0 saturated heterocycles. The molecule has 0 aliphatic rings. The van der Waals surface area contributed by atoms with Crippen LogP contribution in [0.1, 0.15) is 18.1 Å². The number of benzene rings is 2. The van der Waals surface area contributed by atoms with Gasteiger partial charge in [0.1, 0.15) is 5.75 Å². The molecule has 0 unspecified atom stereocenters. The van der Waals surface area contributed by atoms with Crippen molar-refractivity contribution in [2.45, 2.75) is 31.3 Å². The van der Waals surface area contributed by atoms with Gasteiger partial charge in [0.25, 0.3) is 0 Å². The van der Waals surface area contributed by atoms with Gasteiger partial charge in [0.15, 0.2) is 5.82 Å². The van der Waals surface area contributed by atoms with E-state index in [1.165, 1.54) is 0 Å². The van der Waals surface area contributed by atoms with E-state index in [1.807, 2.05) is 56.3 Å². The Balaban J connectivity index is 2.05. The second-order valence-electron chi connectivity index (χ2n) is 6.00. The standard InChI is InChI=1S/C19H21N3O3S/c1-4-22-18(16-10-5-6-11-17(16)25-3)20-21-19(22)26(23,24)13-15-9-7-8-14(2)12-15/h5-12H,4,13H2,1-3H3. The van der Waals surface area contributed by atoms with Crippen LogP contribution in [-0.2, 0) is 22.1 Å². The quantitative estimate of drug-likeness (QED) is 0.665. The van der Waals surface area contributed by atoms with E-state index in [1.54, 1.807) is 17.7 Å². The van der Waals surface area contributed by atoms with Gasteiger partial charge < -0.3 is 4.74 Å². The summed E-state index contributed by atoms with van der Waals surface area (Å²) in [5, 5.41) is 8.12. The van der Waals surface area contributed by atoms with Crippen molar-refractivity contribution in [3.63, 3.8) is 0 Å². The monoisotopic (exact) mass is 371 g/mol. The lowest BCUT2D eigenvalue weighted by Gasteiger charge is -2.11. The van der Waals surface area contributed by atoms with Crippen molar-refractivity contribution in [2.75, 3.05) is 7.11 Å². The molecule has 3 aromatic rings. The number of ether oxygens (including phenoxy) is 1. The van der Waals surface area contributed by atoms with E-state index in [0.717, 1.165) is 11.1 Å². The molecule has 0 saturated carbocycles. The first-order chi connectivity index (χ1) is 12.5. The third-order valence-electron chi connectivity index (χ3n) is 4.10. The summed E-state index contributed by atoms with van der Waals surface area (Å²) in [6, 6.07) is 14.8. The molecule has 3 rings (SSSR count). The van der Waals surface area contributed by atoms with Gasteiger partial charge in [-0.1, -0.05) is 42.0 Å². The maximum Gasteiger partial charge on any atom is 0.250 e. The van der Waals surface area contributed by atoms with E-state index in [9.17, 15) is 8.42 Å². The first-order valence-electron chi connectivity index (χ1n) is 8.31. The number of rotatable bonds is 6. The SMILES string of the molecule is CCn1c(-c2ccccc2OC)nnc1S(=O)(=O)Cc1cccc(C)c1. The van der Waals surface area contributed by atoms with Crippen molar-refractivity contribution in [2.24, 2.45) is 0 Å². The summed E-state index contributed by atoms with van der Waals surface area (Å²) in [5.41, 5.74) is 2.46. The number of sulfone groups is 1. The van der Waals surface area contributed by atoms with E-state index in [2.05, 4.69) is 10.2 Å². The van der Waals surface area contributed by atoms with Crippen LogP contribution in [-0.4, -0.2) is 30.3 Å². The molecule has 7 heteroatoms. The number of aryl methyl sites for hydroxylation is 1. The molecule has 0 spiro atoms. The highest BCUT2D eigenvalue weighted by Gasteiger charge is 2.26. The summed E-state index contributed by atoms with van der Waals surface area (Å²) in [7, 11) is -2.06. The van der Waals surface area contributed by atoms with Crippen LogP contribution in [0, 0.1) is 6.92 Å². The molecule has 0 atom stereocenters. The highest BCUT2D eigenvalue weighted by molar-refractivity contribution is 7.90. The van der Waals surface area contributed by atoms with Gasteiger partial charge in [0.05, 0.1) is 18.4 Å². The minimum Gasteiger partial charge on any atom is -0.496 e. The highest BCUT2D eigenvalue weighted by Crippen LogP contribution is 2.30. The van der Waals surface area contributed by atoms with E-state index in [-0.39, 0.29) is 10.9 Å². The average Bonchev–Trinajstić information content (AvgIpc) is 3.06. The topological polar surface area (TPSA) is 74.1 Å². The number of para-hydroxylation sites is 1. The van der Waals surface area contributed by atoms with E-state index in [0.29, 0.717) is 23.7 Å². The van der Waals surface area contributed by atoms with Crippen molar-refractivity contribution in [1.29, 1.82) is 0 Å². The van der Waals surface area contributed by atoms with Crippen LogP contribution in [0.4, 0.5) is 0 Å². The summed E-state index contributed by atoms with van der Waals surface area (Å²) < 4.78 is 32.9. The third-order valence-corrected chi connectivity index (χ3v) is 5.67. The van der Waals surface area contributed by atoms with Gasteiger partial charge in [0, 0.05) is 6.54 Å². The molecule has 0 amide bonds. The molecule has 2 aromatic carbocycles. The van der Waals surface area contributed by atoms with Crippen molar-refractivity contribution in [1.82, 2.24) is 14.8 Å². The maximum absolute atomic E-state index is 12.9.